The predicted octanol–water partition coefficient (Wildman–Crippen LogP) is 2.18. The van der Waals surface area contributed by atoms with Crippen molar-refractivity contribution in [1.29, 1.82) is 0 Å². The van der Waals surface area contributed by atoms with E-state index >= 15 is 0 Å². The summed E-state index contributed by atoms with van der Waals surface area (Å²) in [6.45, 7) is 0.554. The molecule has 3 aliphatic rings. The molecule has 1 saturated heterocycles. The lowest BCUT2D eigenvalue weighted by atomic mass is 10.1. The first-order valence-corrected chi connectivity index (χ1v) is 10.00. The summed E-state index contributed by atoms with van der Waals surface area (Å²) in [6.07, 6.45) is 0. The van der Waals surface area contributed by atoms with Crippen molar-refractivity contribution in [2.45, 2.75) is 12.1 Å². The van der Waals surface area contributed by atoms with Gasteiger partial charge in [-0.3, -0.25) is 19.4 Å². The number of hydrogen-bond donors (Lipinski definition) is 1. The molecular weight excluding hydrogens is 445 g/mol. The molecule has 0 aromatic heterocycles. The molecule has 2 atom stereocenters. The second-order valence-corrected chi connectivity index (χ2v) is 7.62. The van der Waals surface area contributed by atoms with E-state index in [4.69, 9.17) is 21.1 Å². The number of amides is 3. The van der Waals surface area contributed by atoms with Gasteiger partial charge in [0.05, 0.1) is 10.7 Å². The number of ether oxygens (including phenoxy) is 2. The van der Waals surface area contributed by atoms with Gasteiger partial charge in [-0.1, -0.05) is 16.8 Å². The molecule has 0 unspecified atom stereocenters. The number of anilines is 2. The summed E-state index contributed by atoms with van der Waals surface area (Å²) in [5, 5.41) is 11.3. The van der Waals surface area contributed by atoms with Gasteiger partial charge in [-0.25, -0.2) is 9.29 Å². The van der Waals surface area contributed by atoms with Gasteiger partial charge in [0.15, 0.2) is 23.6 Å². The van der Waals surface area contributed by atoms with Gasteiger partial charge < -0.3 is 14.8 Å². The number of imide groups is 1. The van der Waals surface area contributed by atoms with Crippen molar-refractivity contribution in [3.63, 3.8) is 0 Å². The number of fused-ring (bicyclic) bond motifs is 2. The first-order valence-electron chi connectivity index (χ1n) is 9.62. The minimum absolute atomic E-state index is 0.122. The maximum absolute atomic E-state index is 13.5. The SMILES string of the molecule is O=C(CN1N=N[C@H]2C(=O)N(c3ccc(F)c(Cl)c3)C(=O)[C@H]21)Nc1ccc2c(c1)OCCO2. The molecule has 3 aliphatic heterocycles. The van der Waals surface area contributed by atoms with Gasteiger partial charge in [0.25, 0.3) is 11.8 Å². The highest BCUT2D eigenvalue weighted by molar-refractivity contribution is 6.32. The van der Waals surface area contributed by atoms with Gasteiger partial charge in [0.2, 0.25) is 5.91 Å². The normalized spacial score (nSPS) is 21.2. The minimum atomic E-state index is -1.09. The van der Waals surface area contributed by atoms with Crippen LogP contribution in [0.15, 0.2) is 46.7 Å². The van der Waals surface area contributed by atoms with E-state index in [2.05, 4.69) is 15.7 Å². The summed E-state index contributed by atoms with van der Waals surface area (Å²) in [7, 11) is 0. The molecule has 2 aromatic rings. The van der Waals surface area contributed by atoms with Crippen molar-refractivity contribution in [3.05, 3.63) is 47.2 Å². The highest BCUT2D eigenvalue weighted by atomic mass is 35.5. The number of benzene rings is 2. The van der Waals surface area contributed by atoms with Crippen molar-refractivity contribution in [2.24, 2.45) is 10.3 Å². The average Bonchev–Trinajstić information content (AvgIpc) is 3.29. The van der Waals surface area contributed by atoms with Crippen molar-refractivity contribution < 1.29 is 28.2 Å². The molecule has 0 saturated carbocycles. The van der Waals surface area contributed by atoms with Gasteiger partial charge >= 0.3 is 0 Å². The summed E-state index contributed by atoms with van der Waals surface area (Å²) in [6, 6.07) is 6.32. The van der Waals surface area contributed by atoms with Gasteiger partial charge in [0.1, 0.15) is 25.6 Å². The van der Waals surface area contributed by atoms with Crippen LogP contribution < -0.4 is 19.7 Å². The fraction of sp³-hybridized carbons (Fsp3) is 0.250. The number of nitrogens with zero attached hydrogens (tertiary/aromatic N) is 4. The number of hydrogen-bond acceptors (Lipinski definition) is 8. The molecule has 3 heterocycles. The molecule has 0 aliphatic carbocycles. The lowest BCUT2D eigenvalue weighted by molar-refractivity contribution is -0.123. The third-order valence-electron chi connectivity index (χ3n) is 5.15. The van der Waals surface area contributed by atoms with Gasteiger partial charge in [0, 0.05) is 11.8 Å². The zero-order valence-corrected chi connectivity index (χ0v) is 17.1. The Hall–Kier alpha value is -3.73. The van der Waals surface area contributed by atoms with E-state index in [0.717, 1.165) is 16.0 Å². The summed E-state index contributed by atoms with van der Waals surface area (Å²) in [4.78, 5) is 39.1. The molecule has 3 amide bonds. The maximum atomic E-state index is 13.5. The van der Waals surface area contributed by atoms with Gasteiger partial charge in [-0.05, 0) is 30.3 Å². The Bertz CT molecular complexity index is 1180. The highest BCUT2D eigenvalue weighted by Gasteiger charge is 2.55. The first kappa shape index (κ1) is 20.2. The van der Waals surface area contributed by atoms with Crippen molar-refractivity contribution in [2.75, 3.05) is 30.0 Å². The quantitative estimate of drug-likeness (QED) is 0.701. The van der Waals surface area contributed by atoms with Crippen LogP contribution in [0.3, 0.4) is 0 Å². The third kappa shape index (κ3) is 3.40. The zero-order chi connectivity index (χ0) is 22.4. The van der Waals surface area contributed by atoms with Crippen molar-refractivity contribution in [1.82, 2.24) is 5.01 Å². The number of nitrogens with one attached hydrogen (secondary N) is 1. The van der Waals surface area contributed by atoms with Crippen LogP contribution >= 0.6 is 11.6 Å². The van der Waals surface area contributed by atoms with Gasteiger partial charge in [-0.15, -0.1) is 0 Å². The number of halogens is 2. The molecule has 1 N–H and O–H groups in total. The Morgan fingerprint density at radius 1 is 1.12 bits per heavy atom. The molecule has 164 valence electrons. The Kier molecular flexibility index (Phi) is 4.89. The fourth-order valence-corrected chi connectivity index (χ4v) is 3.88. The lowest BCUT2D eigenvalue weighted by Gasteiger charge is -2.21. The molecular formula is C20H15ClFN5O5. The zero-order valence-electron chi connectivity index (χ0n) is 16.3. The van der Waals surface area contributed by atoms with E-state index in [9.17, 15) is 18.8 Å². The largest absolute Gasteiger partial charge is 0.486 e. The van der Waals surface area contributed by atoms with Crippen LogP contribution in [0.4, 0.5) is 15.8 Å². The summed E-state index contributed by atoms with van der Waals surface area (Å²) in [5.74, 6) is -1.29. The number of rotatable bonds is 4. The van der Waals surface area contributed by atoms with Crippen LogP contribution in [-0.4, -0.2) is 54.6 Å². The summed E-state index contributed by atoms with van der Waals surface area (Å²) >= 11 is 5.78. The molecule has 0 radical (unpaired) electrons. The van der Waals surface area contributed by atoms with Crippen LogP contribution in [-0.2, 0) is 14.4 Å². The lowest BCUT2D eigenvalue weighted by Crippen LogP contribution is -2.43. The molecule has 32 heavy (non-hydrogen) atoms. The third-order valence-corrected chi connectivity index (χ3v) is 5.44. The minimum Gasteiger partial charge on any atom is -0.486 e. The standard InChI is InChI=1S/C20H15ClFN5O5/c21-12-8-11(2-3-13(12)22)27-19(29)17-18(20(27)30)26(25-24-17)9-16(28)23-10-1-4-14-15(7-10)32-6-5-31-14/h1-4,7-8,17-18H,5-6,9H2,(H,23,28)/t17-,18+/m1/s1. The topological polar surface area (TPSA) is 113 Å². The van der Waals surface area contributed by atoms with E-state index in [1.165, 1.54) is 12.1 Å². The van der Waals surface area contributed by atoms with Crippen LogP contribution in [0.2, 0.25) is 5.02 Å². The Balaban J connectivity index is 1.29. The smallest absolute Gasteiger partial charge is 0.263 e. The first-order chi connectivity index (χ1) is 15.4. The van der Waals surface area contributed by atoms with E-state index in [0.29, 0.717) is 30.4 Å². The van der Waals surface area contributed by atoms with E-state index < -0.39 is 35.6 Å². The molecule has 10 nitrogen and oxygen atoms in total. The van der Waals surface area contributed by atoms with E-state index in [1.807, 2.05) is 0 Å². The molecule has 12 heteroatoms. The summed E-state index contributed by atoms with van der Waals surface area (Å²) in [5.41, 5.74) is 0.597. The van der Waals surface area contributed by atoms with Crippen LogP contribution in [0.1, 0.15) is 0 Å². The number of carbonyl (C=O) groups is 3. The van der Waals surface area contributed by atoms with E-state index in [1.54, 1.807) is 18.2 Å². The van der Waals surface area contributed by atoms with Gasteiger partial charge in [-0.2, -0.15) is 5.11 Å². The maximum Gasteiger partial charge on any atom is 0.263 e. The Morgan fingerprint density at radius 3 is 2.69 bits per heavy atom. The van der Waals surface area contributed by atoms with Crippen molar-refractivity contribution in [3.8, 4) is 11.5 Å². The number of carbonyl (C=O) groups excluding carboxylic acids is 3. The van der Waals surface area contributed by atoms with E-state index in [-0.39, 0.29) is 17.3 Å². The molecule has 0 bridgehead atoms. The fourth-order valence-electron chi connectivity index (χ4n) is 3.70. The van der Waals surface area contributed by atoms with Crippen LogP contribution in [0, 0.1) is 5.82 Å². The van der Waals surface area contributed by atoms with Crippen LogP contribution in [0.5, 0.6) is 11.5 Å². The molecule has 5 rings (SSSR count). The highest BCUT2D eigenvalue weighted by Crippen LogP contribution is 2.34. The second-order valence-electron chi connectivity index (χ2n) is 7.21. The molecule has 0 spiro atoms. The predicted molar refractivity (Wildman–Crippen MR) is 109 cm³/mol. The van der Waals surface area contributed by atoms with Crippen molar-refractivity contribution >= 4 is 40.7 Å². The molecule has 2 aromatic carbocycles. The Labute approximate surface area is 185 Å². The Morgan fingerprint density at radius 2 is 1.91 bits per heavy atom. The summed E-state index contributed by atoms with van der Waals surface area (Å²) < 4.78 is 24.4. The average molecular weight is 460 g/mol. The molecule has 1 fully saturated rings. The monoisotopic (exact) mass is 459 g/mol. The van der Waals surface area contributed by atoms with Crippen LogP contribution in [0.25, 0.3) is 0 Å². The second kappa shape index (κ2) is 7.75.